The Balaban J connectivity index is 1.59. The molecule has 162 valence electrons. The number of nitrogens with one attached hydrogen (secondary N) is 1. The summed E-state index contributed by atoms with van der Waals surface area (Å²) in [6, 6.07) is 8.94. The molecule has 1 saturated heterocycles. The highest BCUT2D eigenvalue weighted by Gasteiger charge is 2.31. The predicted molar refractivity (Wildman–Crippen MR) is 117 cm³/mol. The van der Waals surface area contributed by atoms with E-state index in [1.807, 2.05) is 36.2 Å². The fraction of sp³-hybridized carbons (Fsp3) is 0.333. The van der Waals surface area contributed by atoms with Crippen LogP contribution in [-0.4, -0.2) is 65.1 Å². The van der Waals surface area contributed by atoms with Gasteiger partial charge in [0.05, 0.1) is 19.0 Å². The van der Waals surface area contributed by atoms with Crippen molar-refractivity contribution in [1.82, 2.24) is 24.8 Å². The molecule has 31 heavy (non-hydrogen) atoms. The van der Waals surface area contributed by atoms with E-state index in [1.165, 1.54) is 10.7 Å². The summed E-state index contributed by atoms with van der Waals surface area (Å²) < 4.78 is 6.62. The number of halogens is 1. The first kappa shape index (κ1) is 20.9. The summed E-state index contributed by atoms with van der Waals surface area (Å²) >= 11 is 6.26. The second-order valence-corrected chi connectivity index (χ2v) is 7.90. The number of methoxy groups -OCH3 is 1. The predicted octanol–water partition coefficient (Wildman–Crippen LogP) is 1.99. The van der Waals surface area contributed by atoms with E-state index in [9.17, 15) is 9.59 Å². The molecule has 2 aromatic heterocycles. The van der Waals surface area contributed by atoms with Gasteiger partial charge in [-0.05, 0) is 24.1 Å². The molecule has 0 saturated carbocycles. The zero-order valence-corrected chi connectivity index (χ0v) is 18.3. The zero-order valence-electron chi connectivity index (χ0n) is 17.5. The number of anilines is 1. The number of fused-ring (bicyclic) bond motifs is 1. The van der Waals surface area contributed by atoms with Crippen LogP contribution in [0.4, 0.5) is 5.69 Å². The summed E-state index contributed by atoms with van der Waals surface area (Å²) in [5, 5.41) is 7.26. The number of carbonyl (C=O) groups is 2. The number of hydrogen-bond acceptors (Lipinski definition) is 6. The molecule has 0 unspecified atom stereocenters. The van der Waals surface area contributed by atoms with Crippen molar-refractivity contribution in [1.29, 1.82) is 0 Å². The van der Waals surface area contributed by atoms with Gasteiger partial charge in [0, 0.05) is 33.3 Å². The molecule has 1 atom stereocenters. The lowest BCUT2D eigenvalue weighted by Gasteiger charge is -2.20. The molecule has 0 radical (unpaired) electrons. The Hall–Kier alpha value is -3.33. The number of rotatable bonds is 6. The van der Waals surface area contributed by atoms with Crippen LogP contribution >= 0.6 is 11.6 Å². The van der Waals surface area contributed by atoms with Gasteiger partial charge in [-0.1, -0.05) is 23.7 Å². The molecule has 1 fully saturated rings. The molecule has 1 N–H and O–H groups in total. The van der Waals surface area contributed by atoms with Crippen LogP contribution in [0, 0.1) is 0 Å². The van der Waals surface area contributed by atoms with Crippen molar-refractivity contribution in [2.75, 3.05) is 32.6 Å². The Morgan fingerprint density at radius 1 is 1.35 bits per heavy atom. The fourth-order valence-corrected chi connectivity index (χ4v) is 3.82. The maximum absolute atomic E-state index is 12.8. The minimum absolute atomic E-state index is 0.104. The number of hydrogen-bond donors (Lipinski definition) is 1. The Labute approximate surface area is 184 Å². The number of likely N-dealkylation sites (N-methyl/N-ethyl adjacent to an activating group) is 1. The third kappa shape index (κ3) is 4.13. The first-order valence-corrected chi connectivity index (χ1v) is 10.2. The number of likely N-dealkylation sites (tertiary alicyclic amines) is 1. The largest absolute Gasteiger partial charge is 0.497 e. The van der Waals surface area contributed by atoms with Crippen molar-refractivity contribution < 1.29 is 14.3 Å². The molecule has 3 aromatic rings. The van der Waals surface area contributed by atoms with Crippen molar-refractivity contribution >= 4 is 34.7 Å². The lowest BCUT2D eigenvalue weighted by Crippen LogP contribution is -2.41. The van der Waals surface area contributed by atoms with Gasteiger partial charge < -0.3 is 19.9 Å². The van der Waals surface area contributed by atoms with Crippen LogP contribution in [0.3, 0.4) is 0 Å². The van der Waals surface area contributed by atoms with Crippen molar-refractivity contribution in [3.05, 3.63) is 52.9 Å². The molecule has 2 amide bonds. The van der Waals surface area contributed by atoms with Crippen molar-refractivity contribution in [3.8, 4) is 5.75 Å². The molecular weight excluding hydrogens is 420 g/mol. The molecule has 10 heteroatoms. The quantitative estimate of drug-likeness (QED) is 0.627. The number of aromatic nitrogens is 3. The topological polar surface area (TPSA) is 92.1 Å². The van der Waals surface area contributed by atoms with E-state index in [0.717, 1.165) is 17.0 Å². The number of nitrogens with zero attached hydrogens (tertiary/aromatic N) is 5. The van der Waals surface area contributed by atoms with E-state index in [2.05, 4.69) is 15.4 Å². The normalized spacial score (nSPS) is 16.1. The van der Waals surface area contributed by atoms with Gasteiger partial charge in [0.15, 0.2) is 16.5 Å². The van der Waals surface area contributed by atoms with Gasteiger partial charge in [0.2, 0.25) is 5.91 Å². The molecule has 9 nitrogen and oxygen atoms in total. The lowest BCUT2D eigenvalue weighted by atomic mass is 10.2. The summed E-state index contributed by atoms with van der Waals surface area (Å²) in [6.07, 6.45) is 2.02. The monoisotopic (exact) mass is 442 g/mol. The Bertz CT molecular complexity index is 1130. The van der Waals surface area contributed by atoms with E-state index in [4.69, 9.17) is 16.3 Å². The first-order valence-electron chi connectivity index (χ1n) is 9.81. The molecule has 0 spiro atoms. The van der Waals surface area contributed by atoms with Crippen molar-refractivity contribution in [2.45, 2.75) is 19.0 Å². The SMILES string of the molecule is COc1ccc(CN(C)c2cc(Cl)nn3c(C(=O)N[C@@H]4CCN(C)C4=O)cnc23)cc1. The lowest BCUT2D eigenvalue weighted by molar-refractivity contribution is -0.128. The van der Waals surface area contributed by atoms with Crippen LogP contribution in [0.15, 0.2) is 36.5 Å². The van der Waals surface area contributed by atoms with Crippen LogP contribution in [0.5, 0.6) is 5.75 Å². The van der Waals surface area contributed by atoms with E-state index < -0.39 is 11.9 Å². The molecule has 0 bridgehead atoms. The first-order chi connectivity index (χ1) is 14.9. The number of imidazole rings is 1. The molecule has 1 aliphatic heterocycles. The second kappa shape index (κ2) is 8.43. The third-order valence-corrected chi connectivity index (χ3v) is 5.56. The Morgan fingerprint density at radius 3 is 2.74 bits per heavy atom. The minimum atomic E-state index is -0.542. The Morgan fingerprint density at radius 2 is 2.10 bits per heavy atom. The van der Waals surface area contributed by atoms with Gasteiger partial charge in [-0.3, -0.25) is 9.59 Å². The van der Waals surface area contributed by atoms with Crippen molar-refractivity contribution in [2.24, 2.45) is 0 Å². The fourth-order valence-electron chi connectivity index (χ4n) is 3.64. The summed E-state index contributed by atoms with van der Waals surface area (Å²) in [5.74, 6) is 0.268. The van der Waals surface area contributed by atoms with Crippen molar-refractivity contribution in [3.63, 3.8) is 0 Å². The summed E-state index contributed by atoms with van der Waals surface area (Å²) in [4.78, 5) is 32.9. The van der Waals surface area contributed by atoms with Gasteiger partial charge in [0.1, 0.15) is 11.8 Å². The van der Waals surface area contributed by atoms with Crippen LogP contribution < -0.4 is 15.0 Å². The zero-order chi connectivity index (χ0) is 22.1. The highest BCUT2D eigenvalue weighted by Crippen LogP contribution is 2.25. The third-order valence-electron chi connectivity index (χ3n) is 5.37. The molecule has 1 aromatic carbocycles. The summed E-state index contributed by atoms with van der Waals surface area (Å²) in [5.41, 5.74) is 2.52. The average Bonchev–Trinajstić information content (AvgIpc) is 3.32. The Kier molecular flexibility index (Phi) is 5.69. The number of carbonyl (C=O) groups excluding carboxylic acids is 2. The minimum Gasteiger partial charge on any atom is -0.497 e. The molecule has 4 rings (SSSR count). The van der Waals surface area contributed by atoms with E-state index >= 15 is 0 Å². The number of ether oxygens (including phenoxy) is 1. The van der Waals surface area contributed by atoms with Gasteiger partial charge >= 0.3 is 0 Å². The summed E-state index contributed by atoms with van der Waals surface area (Å²) in [6.45, 7) is 1.21. The molecular formula is C21H23ClN6O3. The van der Waals surface area contributed by atoms with Gasteiger partial charge in [-0.25, -0.2) is 9.50 Å². The number of amides is 2. The van der Waals surface area contributed by atoms with Crippen LogP contribution in [0.1, 0.15) is 22.5 Å². The van der Waals surface area contributed by atoms with Crippen LogP contribution in [0.25, 0.3) is 5.65 Å². The van der Waals surface area contributed by atoms with Gasteiger partial charge in [0.25, 0.3) is 5.91 Å². The maximum atomic E-state index is 12.8. The van der Waals surface area contributed by atoms with E-state index in [-0.39, 0.29) is 16.8 Å². The average molecular weight is 443 g/mol. The molecule has 0 aliphatic carbocycles. The standard InChI is InChI=1S/C21H23ClN6O3/c1-26-9-8-15(21(26)30)24-20(29)17-11-23-19-16(10-18(22)25-28(17)19)27(2)12-13-4-6-14(31-3)7-5-13/h4-7,10-11,15H,8-9,12H2,1-3H3,(H,24,29)/t15-/m1/s1. The van der Waals surface area contributed by atoms with E-state index in [0.29, 0.717) is 25.2 Å². The highest BCUT2D eigenvalue weighted by molar-refractivity contribution is 6.29. The maximum Gasteiger partial charge on any atom is 0.272 e. The molecule has 3 heterocycles. The van der Waals surface area contributed by atoms with Gasteiger partial charge in [-0.2, -0.15) is 5.10 Å². The highest BCUT2D eigenvalue weighted by atomic mass is 35.5. The van der Waals surface area contributed by atoms with Crippen LogP contribution in [-0.2, 0) is 11.3 Å². The molecule has 1 aliphatic rings. The smallest absolute Gasteiger partial charge is 0.272 e. The second-order valence-electron chi connectivity index (χ2n) is 7.51. The number of benzene rings is 1. The van der Waals surface area contributed by atoms with Crippen LogP contribution in [0.2, 0.25) is 5.15 Å². The van der Waals surface area contributed by atoms with E-state index in [1.54, 1.807) is 25.1 Å². The summed E-state index contributed by atoms with van der Waals surface area (Å²) in [7, 11) is 5.26. The van der Waals surface area contributed by atoms with Gasteiger partial charge in [-0.15, -0.1) is 0 Å².